The van der Waals surface area contributed by atoms with E-state index in [1.54, 1.807) is 18.3 Å². The number of urea groups is 1. The van der Waals surface area contributed by atoms with Crippen LogP contribution in [0.15, 0.2) is 73.2 Å². The lowest BCUT2D eigenvalue weighted by Crippen LogP contribution is -2.39. The van der Waals surface area contributed by atoms with Crippen molar-refractivity contribution in [2.24, 2.45) is 0 Å². The molecular formula is C19H19FN4O. The predicted molar refractivity (Wildman–Crippen MR) is 93.4 cm³/mol. The maximum atomic E-state index is 13.2. The number of rotatable bonds is 6. The lowest BCUT2D eigenvalue weighted by molar-refractivity contribution is 0.238. The second-order valence-corrected chi connectivity index (χ2v) is 5.56. The summed E-state index contributed by atoms with van der Waals surface area (Å²) >= 11 is 0. The van der Waals surface area contributed by atoms with Gasteiger partial charge >= 0.3 is 6.03 Å². The number of carbonyl (C=O) groups is 1. The first-order valence-corrected chi connectivity index (χ1v) is 8.04. The maximum Gasteiger partial charge on any atom is 0.315 e. The van der Waals surface area contributed by atoms with Crippen molar-refractivity contribution in [1.82, 2.24) is 20.2 Å². The fraction of sp³-hybridized carbons (Fsp3) is 0.158. The molecule has 0 fully saturated rings. The molecule has 0 aliphatic rings. The van der Waals surface area contributed by atoms with Crippen LogP contribution in [0.2, 0.25) is 0 Å². The molecule has 2 heterocycles. The standard InChI is InChI=1S/C19H19FN4O/c20-16-8-6-15(7-9-16)18(17-5-1-2-10-21-17)23-19(25)22-11-14-24-12-3-4-13-24/h1-10,12-13,18H,11,14H2,(H2,22,23,25). The second-order valence-electron chi connectivity index (χ2n) is 5.56. The zero-order valence-electron chi connectivity index (χ0n) is 13.6. The highest BCUT2D eigenvalue weighted by Crippen LogP contribution is 2.20. The molecule has 128 valence electrons. The highest BCUT2D eigenvalue weighted by atomic mass is 19.1. The van der Waals surface area contributed by atoms with E-state index in [0.29, 0.717) is 18.8 Å². The molecule has 1 atom stereocenters. The summed E-state index contributed by atoms with van der Waals surface area (Å²) in [5.74, 6) is -0.320. The van der Waals surface area contributed by atoms with Crippen molar-refractivity contribution in [2.45, 2.75) is 12.6 Å². The Morgan fingerprint density at radius 1 is 1.08 bits per heavy atom. The fourth-order valence-corrected chi connectivity index (χ4v) is 2.53. The van der Waals surface area contributed by atoms with Gasteiger partial charge in [-0.1, -0.05) is 18.2 Å². The third-order valence-corrected chi connectivity index (χ3v) is 3.78. The van der Waals surface area contributed by atoms with Crippen LogP contribution in [-0.4, -0.2) is 22.1 Å². The minimum atomic E-state index is -0.451. The van der Waals surface area contributed by atoms with E-state index in [4.69, 9.17) is 0 Å². The molecule has 2 N–H and O–H groups in total. The van der Waals surface area contributed by atoms with Crippen LogP contribution in [0.5, 0.6) is 0 Å². The number of halogens is 1. The van der Waals surface area contributed by atoms with Gasteiger partial charge in [0.25, 0.3) is 0 Å². The SMILES string of the molecule is O=C(NCCn1cccc1)NC(c1ccc(F)cc1)c1ccccn1. The topological polar surface area (TPSA) is 59.0 Å². The zero-order chi connectivity index (χ0) is 17.5. The van der Waals surface area contributed by atoms with Crippen molar-refractivity contribution in [3.8, 4) is 0 Å². The molecule has 2 amide bonds. The van der Waals surface area contributed by atoms with Crippen LogP contribution in [0.25, 0.3) is 0 Å². The fourth-order valence-electron chi connectivity index (χ4n) is 2.53. The lowest BCUT2D eigenvalue weighted by atomic mass is 10.0. The number of amides is 2. The summed E-state index contributed by atoms with van der Waals surface area (Å²) in [5.41, 5.74) is 1.45. The van der Waals surface area contributed by atoms with Crippen LogP contribution in [0.4, 0.5) is 9.18 Å². The first kappa shape index (κ1) is 16.7. The molecule has 1 aromatic carbocycles. The smallest absolute Gasteiger partial charge is 0.315 e. The van der Waals surface area contributed by atoms with Crippen molar-refractivity contribution >= 4 is 6.03 Å². The molecule has 0 spiro atoms. The molecule has 0 saturated heterocycles. The molecule has 0 aliphatic carbocycles. The van der Waals surface area contributed by atoms with Gasteiger partial charge in [-0.2, -0.15) is 0 Å². The van der Waals surface area contributed by atoms with Gasteiger partial charge in [0, 0.05) is 31.7 Å². The molecule has 25 heavy (non-hydrogen) atoms. The van der Waals surface area contributed by atoms with Gasteiger partial charge in [0.1, 0.15) is 5.82 Å². The Morgan fingerprint density at radius 2 is 1.84 bits per heavy atom. The molecule has 1 unspecified atom stereocenters. The third kappa shape index (κ3) is 4.67. The van der Waals surface area contributed by atoms with Crippen LogP contribution < -0.4 is 10.6 Å². The van der Waals surface area contributed by atoms with Crippen LogP contribution in [0.1, 0.15) is 17.3 Å². The molecule has 3 rings (SSSR count). The highest BCUT2D eigenvalue weighted by Gasteiger charge is 2.17. The van der Waals surface area contributed by atoms with E-state index in [9.17, 15) is 9.18 Å². The van der Waals surface area contributed by atoms with E-state index in [2.05, 4.69) is 15.6 Å². The average Bonchev–Trinajstić information content (AvgIpc) is 3.15. The van der Waals surface area contributed by atoms with Gasteiger partial charge in [0.05, 0.1) is 11.7 Å². The van der Waals surface area contributed by atoms with Gasteiger partial charge in [-0.25, -0.2) is 9.18 Å². The first-order chi connectivity index (χ1) is 12.2. The van der Waals surface area contributed by atoms with Crippen molar-refractivity contribution in [2.75, 3.05) is 6.54 Å². The molecule has 3 aromatic rings. The summed E-state index contributed by atoms with van der Waals surface area (Å²) in [6, 6.07) is 14.6. The summed E-state index contributed by atoms with van der Waals surface area (Å²) < 4.78 is 15.2. The summed E-state index contributed by atoms with van der Waals surface area (Å²) in [4.78, 5) is 16.6. The number of nitrogens with one attached hydrogen (secondary N) is 2. The molecule has 0 saturated carbocycles. The largest absolute Gasteiger partial charge is 0.353 e. The number of benzene rings is 1. The second kappa shape index (κ2) is 8.10. The highest BCUT2D eigenvalue weighted by molar-refractivity contribution is 5.74. The Hall–Kier alpha value is -3.15. The summed E-state index contributed by atoms with van der Waals surface area (Å²) in [6.45, 7) is 1.18. The van der Waals surface area contributed by atoms with Crippen LogP contribution in [0.3, 0.4) is 0 Å². The summed E-state index contributed by atoms with van der Waals surface area (Å²) in [5, 5.41) is 5.73. The third-order valence-electron chi connectivity index (χ3n) is 3.78. The van der Waals surface area contributed by atoms with Crippen LogP contribution in [-0.2, 0) is 6.54 Å². The number of pyridine rings is 1. The monoisotopic (exact) mass is 338 g/mol. The Kier molecular flexibility index (Phi) is 5.41. The quantitative estimate of drug-likeness (QED) is 0.725. The molecule has 0 bridgehead atoms. The van der Waals surface area contributed by atoms with Gasteiger partial charge in [-0.05, 0) is 42.0 Å². The molecule has 0 radical (unpaired) electrons. The number of aromatic nitrogens is 2. The minimum Gasteiger partial charge on any atom is -0.353 e. The number of hydrogen-bond acceptors (Lipinski definition) is 2. The Morgan fingerprint density at radius 3 is 2.52 bits per heavy atom. The van der Waals surface area contributed by atoms with Gasteiger partial charge in [-0.15, -0.1) is 0 Å². The summed E-state index contributed by atoms with van der Waals surface area (Å²) in [6.07, 6.45) is 5.54. The maximum absolute atomic E-state index is 13.2. The van der Waals surface area contributed by atoms with Crippen molar-refractivity contribution in [3.63, 3.8) is 0 Å². The van der Waals surface area contributed by atoms with Crippen molar-refractivity contribution in [1.29, 1.82) is 0 Å². The van der Waals surface area contributed by atoms with Gasteiger partial charge in [-0.3, -0.25) is 4.98 Å². The average molecular weight is 338 g/mol. The lowest BCUT2D eigenvalue weighted by Gasteiger charge is -2.19. The van der Waals surface area contributed by atoms with Crippen LogP contribution >= 0.6 is 0 Å². The predicted octanol–water partition coefficient (Wildman–Crippen LogP) is 3.11. The van der Waals surface area contributed by atoms with Gasteiger partial charge in [0.2, 0.25) is 0 Å². The van der Waals surface area contributed by atoms with E-state index in [-0.39, 0.29) is 11.8 Å². The Labute approximate surface area is 145 Å². The van der Waals surface area contributed by atoms with Crippen LogP contribution in [0, 0.1) is 5.82 Å². The summed E-state index contributed by atoms with van der Waals surface area (Å²) in [7, 11) is 0. The molecule has 5 nitrogen and oxygen atoms in total. The van der Waals surface area contributed by atoms with E-state index in [1.165, 1.54) is 12.1 Å². The zero-order valence-corrected chi connectivity index (χ0v) is 13.6. The molecule has 6 heteroatoms. The minimum absolute atomic E-state index is 0.299. The van der Waals surface area contributed by atoms with Crippen molar-refractivity contribution < 1.29 is 9.18 Å². The Balaban J connectivity index is 1.67. The first-order valence-electron chi connectivity index (χ1n) is 8.04. The normalized spacial score (nSPS) is 11.7. The van der Waals surface area contributed by atoms with Crippen molar-refractivity contribution in [3.05, 3.63) is 90.3 Å². The number of nitrogens with zero attached hydrogens (tertiary/aromatic N) is 2. The van der Waals surface area contributed by atoms with Gasteiger partial charge in [0.15, 0.2) is 0 Å². The number of hydrogen-bond donors (Lipinski definition) is 2. The van der Waals surface area contributed by atoms with E-state index >= 15 is 0 Å². The van der Waals surface area contributed by atoms with E-state index in [0.717, 1.165) is 5.56 Å². The van der Waals surface area contributed by atoms with E-state index in [1.807, 2.05) is 47.3 Å². The molecular weight excluding hydrogens is 319 g/mol. The molecule has 0 aliphatic heterocycles. The Bertz CT molecular complexity index is 788. The number of carbonyl (C=O) groups excluding carboxylic acids is 1. The van der Waals surface area contributed by atoms with Gasteiger partial charge < -0.3 is 15.2 Å². The molecule has 2 aromatic heterocycles. The van der Waals surface area contributed by atoms with E-state index < -0.39 is 6.04 Å².